The van der Waals surface area contributed by atoms with Gasteiger partial charge < -0.3 is 10.6 Å². The van der Waals surface area contributed by atoms with Crippen LogP contribution < -0.4 is 5.73 Å². The number of alkyl halides is 3. The number of aliphatic imine (C=N–C) groups is 1. The van der Waals surface area contributed by atoms with E-state index in [1.165, 1.54) is 6.07 Å². The van der Waals surface area contributed by atoms with Gasteiger partial charge >= 0.3 is 6.18 Å². The largest absolute Gasteiger partial charge is 0.417 e. The van der Waals surface area contributed by atoms with Crippen molar-refractivity contribution in [3.05, 3.63) is 35.2 Å². The maximum Gasteiger partial charge on any atom is 0.417 e. The fourth-order valence-electron chi connectivity index (χ4n) is 1.84. The van der Waals surface area contributed by atoms with Gasteiger partial charge in [0.1, 0.15) is 0 Å². The zero-order valence-electron chi connectivity index (χ0n) is 11.0. The van der Waals surface area contributed by atoms with Crippen molar-refractivity contribution in [1.29, 1.82) is 0 Å². The Morgan fingerprint density at radius 2 is 2.15 bits per heavy atom. The lowest BCUT2D eigenvalue weighted by Crippen LogP contribution is -2.30. The van der Waals surface area contributed by atoms with Crippen LogP contribution in [0.3, 0.4) is 0 Å². The van der Waals surface area contributed by atoms with Crippen molar-refractivity contribution in [3.8, 4) is 0 Å². The lowest BCUT2D eigenvalue weighted by atomic mass is 10.1. The summed E-state index contributed by atoms with van der Waals surface area (Å²) in [7, 11) is 1.97. The normalized spacial score (nSPS) is 18.0. The molecule has 1 aliphatic rings. The van der Waals surface area contributed by atoms with Crippen molar-refractivity contribution in [2.45, 2.75) is 12.6 Å². The molecule has 0 aromatic carbocycles. The molecule has 0 aliphatic carbocycles. The van der Waals surface area contributed by atoms with E-state index in [1.807, 2.05) is 7.05 Å². The fourth-order valence-corrected chi connectivity index (χ4v) is 1.84. The highest BCUT2D eigenvalue weighted by Crippen LogP contribution is 2.29. The molecule has 0 spiro atoms. The molecule has 7 heteroatoms. The molecule has 1 aromatic heterocycles. The van der Waals surface area contributed by atoms with Gasteiger partial charge in [0.25, 0.3) is 0 Å². The van der Waals surface area contributed by atoms with Gasteiger partial charge in [0.2, 0.25) is 0 Å². The van der Waals surface area contributed by atoms with E-state index < -0.39 is 11.7 Å². The molecular formula is C13H15F3N4. The first kappa shape index (κ1) is 14.5. The van der Waals surface area contributed by atoms with Crippen LogP contribution in [0.2, 0.25) is 0 Å². The number of halogens is 3. The number of aromatic nitrogens is 1. The molecule has 2 heterocycles. The first-order valence-corrected chi connectivity index (χ1v) is 6.09. The van der Waals surface area contributed by atoms with Gasteiger partial charge in [0.05, 0.1) is 5.56 Å². The molecule has 0 bridgehead atoms. The Hall–Kier alpha value is -1.89. The van der Waals surface area contributed by atoms with Gasteiger partial charge in [-0.1, -0.05) is 0 Å². The van der Waals surface area contributed by atoms with Crippen molar-refractivity contribution in [2.24, 2.45) is 10.7 Å². The molecule has 20 heavy (non-hydrogen) atoms. The minimum absolute atomic E-state index is 0.228. The van der Waals surface area contributed by atoms with Crippen LogP contribution >= 0.6 is 0 Å². The maximum atomic E-state index is 12.4. The van der Waals surface area contributed by atoms with Gasteiger partial charge in [-0.05, 0) is 19.2 Å². The van der Waals surface area contributed by atoms with Gasteiger partial charge in [-0.15, -0.1) is 0 Å². The third-order valence-electron chi connectivity index (χ3n) is 3.04. The molecule has 4 nitrogen and oxygen atoms in total. The van der Waals surface area contributed by atoms with Crippen LogP contribution in [-0.4, -0.2) is 36.2 Å². The van der Waals surface area contributed by atoms with Gasteiger partial charge in [0, 0.05) is 43.2 Å². The summed E-state index contributed by atoms with van der Waals surface area (Å²) in [6, 6.07) is 2.20. The average Bonchev–Trinajstić information content (AvgIpc) is 2.39. The average molecular weight is 284 g/mol. The molecule has 0 fully saturated rings. The fraction of sp³-hybridized carbons (Fsp3) is 0.385. The van der Waals surface area contributed by atoms with E-state index in [0.29, 0.717) is 6.54 Å². The standard InChI is InChI=1S/C13H15F3N4/c1-20-5-4-11(17)9(8-20)6-18-12-3-2-10(7-19-12)13(14,15)16/h2-3,6-7H,4-5,8,17H2,1H3. The van der Waals surface area contributed by atoms with E-state index in [1.54, 1.807) is 6.21 Å². The van der Waals surface area contributed by atoms with Gasteiger partial charge in [0.15, 0.2) is 5.82 Å². The second kappa shape index (κ2) is 5.62. The predicted molar refractivity (Wildman–Crippen MR) is 70.7 cm³/mol. The van der Waals surface area contributed by atoms with Crippen LogP contribution in [0.4, 0.5) is 19.0 Å². The predicted octanol–water partition coefficient (Wildman–Crippen LogP) is 2.35. The minimum atomic E-state index is -4.38. The van der Waals surface area contributed by atoms with Crippen molar-refractivity contribution >= 4 is 12.0 Å². The van der Waals surface area contributed by atoms with Crippen molar-refractivity contribution in [2.75, 3.05) is 20.1 Å². The highest BCUT2D eigenvalue weighted by atomic mass is 19.4. The van der Waals surface area contributed by atoms with E-state index in [0.717, 1.165) is 36.5 Å². The molecule has 1 aliphatic heterocycles. The summed E-state index contributed by atoms with van der Waals surface area (Å²) in [5.41, 5.74) is 6.73. The molecular weight excluding hydrogens is 269 g/mol. The summed E-state index contributed by atoms with van der Waals surface area (Å²) in [6.07, 6.45) is -1.27. The van der Waals surface area contributed by atoms with Gasteiger partial charge in [-0.2, -0.15) is 13.2 Å². The van der Waals surface area contributed by atoms with Gasteiger partial charge in [-0.3, -0.25) is 0 Å². The zero-order chi connectivity index (χ0) is 14.8. The summed E-state index contributed by atoms with van der Waals surface area (Å²) in [5.74, 6) is 0.228. The summed E-state index contributed by atoms with van der Waals surface area (Å²) < 4.78 is 37.1. The SMILES string of the molecule is CN1CCC(N)=C(C=Nc2ccc(C(F)(F)F)cn2)C1. The lowest BCUT2D eigenvalue weighted by molar-refractivity contribution is -0.137. The van der Waals surface area contributed by atoms with E-state index in [4.69, 9.17) is 5.73 Å². The van der Waals surface area contributed by atoms with Crippen molar-refractivity contribution in [3.63, 3.8) is 0 Å². The second-order valence-corrected chi connectivity index (χ2v) is 4.70. The number of pyridine rings is 1. The number of hydrogen-bond donors (Lipinski definition) is 1. The third kappa shape index (κ3) is 3.57. The topological polar surface area (TPSA) is 54.5 Å². The Labute approximate surface area is 114 Å². The second-order valence-electron chi connectivity index (χ2n) is 4.70. The highest BCUT2D eigenvalue weighted by Gasteiger charge is 2.30. The van der Waals surface area contributed by atoms with Crippen LogP contribution in [0.15, 0.2) is 34.6 Å². The molecule has 1 aromatic rings. The third-order valence-corrected chi connectivity index (χ3v) is 3.04. The first-order valence-electron chi connectivity index (χ1n) is 6.09. The zero-order valence-corrected chi connectivity index (χ0v) is 11.0. The van der Waals surface area contributed by atoms with E-state index >= 15 is 0 Å². The Morgan fingerprint density at radius 1 is 1.40 bits per heavy atom. The van der Waals surface area contributed by atoms with E-state index in [9.17, 15) is 13.2 Å². The molecule has 0 atom stereocenters. The molecule has 0 amide bonds. The molecule has 2 rings (SSSR count). The molecule has 0 radical (unpaired) electrons. The Balaban J connectivity index is 2.12. The van der Waals surface area contributed by atoms with Crippen LogP contribution in [0, 0.1) is 0 Å². The smallest absolute Gasteiger partial charge is 0.402 e. The Kier molecular flexibility index (Phi) is 4.08. The van der Waals surface area contributed by atoms with E-state index in [-0.39, 0.29) is 5.82 Å². The summed E-state index contributed by atoms with van der Waals surface area (Å²) in [5, 5.41) is 0. The summed E-state index contributed by atoms with van der Waals surface area (Å²) >= 11 is 0. The maximum absolute atomic E-state index is 12.4. The molecule has 108 valence electrons. The number of likely N-dealkylation sites (N-methyl/N-ethyl adjacent to an activating group) is 1. The lowest BCUT2D eigenvalue weighted by Gasteiger charge is -2.23. The first-order chi connectivity index (χ1) is 9.36. The van der Waals surface area contributed by atoms with Crippen LogP contribution in [-0.2, 0) is 6.18 Å². The van der Waals surface area contributed by atoms with Crippen molar-refractivity contribution in [1.82, 2.24) is 9.88 Å². The molecule has 2 N–H and O–H groups in total. The van der Waals surface area contributed by atoms with E-state index in [2.05, 4.69) is 14.9 Å². The van der Waals surface area contributed by atoms with Crippen LogP contribution in [0.1, 0.15) is 12.0 Å². The summed E-state index contributed by atoms with van der Waals surface area (Å²) in [6.45, 7) is 1.57. The Bertz CT molecular complexity index is 532. The Morgan fingerprint density at radius 3 is 2.75 bits per heavy atom. The quantitative estimate of drug-likeness (QED) is 0.848. The minimum Gasteiger partial charge on any atom is -0.402 e. The van der Waals surface area contributed by atoms with Crippen LogP contribution in [0.25, 0.3) is 0 Å². The molecule has 0 unspecified atom stereocenters. The van der Waals surface area contributed by atoms with Crippen LogP contribution in [0.5, 0.6) is 0 Å². The molecule has 0 saturated carbocycles. The summed E-state index contributed by atoms with van der Waals surface area (Å²) in [4.78, 5) is 9.84. The monoisotopic (exact) mass is 284 g/mol. The van der Waals surface area contributed by atoms with Crippen molar-refractivity contribution < 1.29 is 13.2 Å². The number of hydrogen-bond acceptors (Lipinski definition) is 4. The number of nitrogens with zero attached hydrogens (tertiary/aromatic N) is 3. The number of rotatable bonds is 2. The molecule has 0 saturated heterocycles. The number of nitrogens with two attached hydrogens (primary N) is 1. The highest BCUT2D eigenvalue weighted by molar-refractivity contribution is 5.82. The van der Waals surface area contributed by atoms with Gasteiger partial charge in [-0.25, -0.2) is 9.98 Å².